The molecule has 1 aromatic carbocycles. The van der Waals surface area contributed by atoms with Gasteiger partial charge in [-0.3, -0.25) is 9.78 Å². The van der Waals surface area contributed by atoms with Crippen molar-refractivity contribution in [1.29, 1.82) is 0 Å². The Kier molecular flexibility index (Phi) is 2.59. The Morgan fingerprint density at radius 1 is 1.26 bits per heavy atom. The fourth-order valence-corrected chi connectivity index (χ4v) is 2.18. The summed E-state index contributed by atoms with van der Waals surface area (Å²) in [5, 5.41) is 11.5. The van der Waals surface area contributed by atoms with E-state index in [0.29, 0.717) is 5.82 Å². The average molecular weight is 253 g/mol. The van der Waals surface area contributed by atoms with Crippen LogP contribution in [0, 0.1) is 6.92 Å². The first-order valence-electron chi connectivity index (χ1n) is 6.06. The fraction of sp³-hybridized carbons (Fsp3) is 0.143. The van der Waals surface area contributed by atoms with Gasteiger partial charge >= 0.3 is 0 Å². The number of nitrogens with zero attached hydrogens (tertiary/aromatic N) is 3. The Morgan fingerprint density at radius 2 is 2.11 bits per heavy atom. The minimum Gasteiger partial charge on any atom is -0.382 e. The second kappa shape index (κ2) is 4.28. The molecule has 3 N–H and O–H groups in total. The van der Waals surface area contributed by atoms with Gasteiger partial charge in [-0.1, -0.05) is 29.8 Å². The smallest absolute Gasteiger partial charge is 0.153 e. The van der Waals surface area contributed by atoms with Gasteiger partial charge in [-0.15, -0.1) is 0 Å². The number of hydrogen-bond acceptors (Lipinski definition) is 3. The number of nitrogen functional groups attached to an aromatic ring is 1. The normalized spacial score (nSPS) is 10.8. The van der Waals surface area contributed by atoms with E-state index in [9.17, 15) is 0 Å². The Hall–Kier alpha value is -2.56. The lowest BCUT2D eigenvalue weighted by Crippen LogP contribution is -1.91. The zero-order valence-corrected chi connectivity index (χ0v) is 10.9. The van der Waals surface area contributed by atoms with Gasteiger partial charge in [0.2, 0.25) is 0 Å². The van der Waals surface area contributed by atoms with Crippen molar-refractivity contribution < 1.29 is 0 Å². The Morgan fingerprint density at radius 3 is 2.79 bits per heavy atom. The number of anilines is 1. The summed E-state index contributed by atoms with van der Waals surface area (Å²) < 4.78 is 1.76. The molecule has 3 rings (SSSR count). The van der Waals surface area contributed by atoms with Crippen LogP contribution in [0.2, 0.25) is 0 Å². The number of hydrogen-bond donors (Lipinski definition) is 2. The molecule has 19 heavy (non-hydrogen) atoms. The van der Waals surface area contributed by atoms with E-state index in [1.807, 2.05) is 31.4 Å². The molecule has 0 fully saturated rings. The minimum atomic E-state index is 0.492. The quantitative estimate of drug-likeness (QED) is 0.736. The van der Waals surface area contributed by atoms with E-state index in [0.717, 1.165) is 22.5 Å². The maximum atomic E-state index is 5.99. The highest BCUT2D eigenvalue weighted by molar-refractivity contribution is 5.86. The summed E-state index contributed by atoms with van der Waals surface area (Å²) in [5.74, 6) is 0.492. The van der Waals surface area contributed by atoms with Crippen LogP contribution in [0.1, 0.15) is 5.56 Å². The number of rotatable bonds is 2. The predicted molar refractivity (Wildman–Crippen MR) is 75.4 cm³/mol. The van der Waals surface area contributed by atoms with E-state index in [2.05, 4.69) is 34.4 Å². The number of benzene rings is 1. The maximum Gasteiger partial charge on any atom is 0.153 e. The van der Waals surface area contributed by atoms with Crippen molar-refractivity contribution >= 4 is 5.82 Å². The number of H-pyrrole nitrogens is 1. The minimum absolute atomic E-state index is 0.492. The Bertz CT molecular complexity index is 723. The monoisotopic (exact) mass is 253 g/mol. The first-order valence-corrected chi connectivity index (χ1v) is 6.06. The summed E-state index contributed by atoms with van der Waals surface area (Å²) in [4.78, 5) is 0. The summed E-state index contributed by atoms with van der Waals surface area (Å²) in [7, 11) is 1.88. The molecule has 5 heteroatoms. The van der Waals surface area contributed by atoms with Crippen molar-refractivity contribution in [3.8, 4) is 22.5 Å². The molecule has 0 atom stereocenters. The molecule has 0 amide bonds. The molecule has 0 aliphatic rings. The van der Waals surface area contributed by atoms with Crippen LogP contribution in [-0.2, 0) is 7.05 Å². The van der Waals surface area contributed by atoms with Crippen molar-refractivity contribution in [2.75, 3.05) is 5.73 Å². The van der Waals surface area contributed by atoms with Crippen molar-refractivity contribution in [2.24, 2.45) is 7.05 Å². The molecular formula is C14H15N5. The summed E-state index contributed by atoms with van der Waals surface area (Å²) in [6, 6.07) is 10.1. The summed E-state index contributed by atoms with van der Waals surface area (Å²) >= 11 is 0. The van der Waals surface area contributed by atoms with Gasteiger partial charge < -0.3 is 5.73 Å². The molecule has 0 saturated heterocycles. The highest BCUT2D eigenvalue weighted by Gasteiger charge is 2.16. The molecule has 2 aromatic heterocycles. The molecular weight excluding hydrogens is 238 g/mol. The summed E-state index contributed by atoms with van der Waals surface area (Å²) in [6.07, 6.45) is 1.90. The molecule has 0 saturated carbocycles. The number of nitrogens with one attached hydrogen (secondary N) is 1. The molecule has 0 aliphatic heterocycles. The van der Waals surface area contributed by atoms with E-state index >= 15 is 0 Å². The topological polar surface area (TPSA) is 72.5 Å². The van der Waals surface area contributed by atoms with Crippen molar-refractivity contribution in [3.05, 3.63) is 42.1 Å². The van der Waals surface area contributed by atoms with Crippen LogP contribution >= 0.6 is 0 Å². The van der Waals surface area contributed by atoms with E-state index in [-0.39, 0.29) is 0 Å². The molecule has 0 radical (unpaired) electrons. The van der Waals surface area contributed by atoms with E-state index in [1.54, 1.807) is 4.68 Å². The van der Waals surface area contributed by atoms with Crippen LogP contribution < -0.4 is 5.73 Å². The lowest BCUT2D eigenvalue weighted by atomic mass is 10.0. The molecule has 3 aromatic rings. The first kappa shape index (κ1) is 11.5. The van der Waals surface area contributed by atoms with Gasteiger partial charge in [0.1, 0.15) is 5.69 Å². The SMILES string of the molecule is Cc1cccc(-c2c(N)n[nH]c2-c2ccn(C)n2)c1. The van der Waals surface area contributed by atoms with Gasteiger partial charge in [0.25, 0.3) is 0 Å². The highest BCUT2D eigenvalue weighted by atomic mass is 15.3. The standard InChI is InChI=1S/C14H15N5/c1-9-4-3-5-10(8-9)12-13(16-17-14(12)15)11-6-7-19(2)18-11/h3-8H,1-2H3,(H3,15,16,17). The fourth-order valence-electron chi connectivity index (χ4n) is 2.18. The largest absolute Gasteiger partial charge is 0.382 e. The number of nitrogens with two attached hydrogens (primary N) is 1. The van der Waals surface area contributed by atoms with Crippen molar-refractivity contribution in [2.45, 2.75) is 6.92 Å². The van der Waals surface area contributed by atoms with E-state index in [4.69, 9.17) is 5.73 Å². The Labute approximate surface area is 111 Å². The van der Waals surface area contributed by atoms with Gasteiger partial charge in [0.15, 0.2) is 5.82 Å². The molecule has 0 spiro atoms. The third kappa shape index (κ3) is 1.99. The van der Waals surface area contributed by atoms with Gasteiger partial charge in [-0.2, -0.15) is 10.2 Å². The maximum absolute atomic E-state index is 5.99. The highest BCUT2D eigenvalue weighted by Crippen LogP contribution is 2.33. The van der Waals surface area contributed by atoms with Crippen LogP contribution in [0.25, 0.3) is 22.5 Å². The second-order valence-corrected chi connectivity index (χ2v) is 4.60. The molecule has 2 heterocycles. The average Bonchev–Trinajstić information content (AvgIpc) is 2.95. The zero-order valence-electron chi connectivity index (χ0n) is 10.9. The lowest BCUT2D eigenvalue weighted by Gasteiger charge is -2.03. The number of aromatic nitrogens is 4. The molecule has 5 nitrogen and oxygen atoms in total. The Balaban J connectivity index is 2.19. The summed E-state index contributed by atoms with van der Waals surface area (Å²) in [5.41, 5.74) is 10.8. The van der Waals surface area contributed by atoms with Gasteiger partial charge in [0, 0.05) is 13.2 Å². The van der Waals surface area contributed by atoms with Gasteiger partial charge in [0.05, 0.1) is 11.3 Å². The molecule has 0 bridgehead atoms. The van der Waals surface area contributed by atoms with Gasteiger partial charge in [-0.25, -0.2) is 0 Å². The van der Waals surface area contributed by atoms with Crippen LogP contribution in [-0.4, -0.2) is 20.0 Å². The second-order valence-electron chi connectivity index (χ2n) is 4.60. The lowest BCUT2D eigenvalue weighted by molar-refractivity contribution is 0.770. The summed E-state index contributed by atoms with van der Waals surface area (Å²) in [6.45, 7) is 2.06. The van der Waals surface area contributed by atoms with Crippen LogP contribution in [0.4, 0.5) is 5.82 Å². The van der Waals surface area contributed by atoms with Crippen molar-refractivity contribution in [1.82, 2.24) is 20.0 Å². The zero-order chi connectivity index (χ0) is 13.4. The molecule has 0 unspecified atom stereocenters. The van der Waals surface area contributed by atoms with E-state index in [1.165, 1.54) is 5.56 Å². The molecule has 0 aliphatic carbocycles. The van der Waals surface area contributed by atoms with Crippen LogP contribution in [0.5, 0.6) is 0 Å². The van der Waals surface area contributed by atoms with Gasteiger partial charge in [-0.05, 0) is 18.6 Å². The molecule has 96 valence electrons. The third-order valence-corrected chi connectivity index (χ3v) is 3.07. The number of aryl methyl sites for hydroxylation is 2. The third-order valence-electron chi connectivity index (χ3n) is 3.07. The van der Waals surface area contributed by atoms with Crippen LogP contribution in [0.15, 0.2) is 36.5 Å². The predicted octanol–water partition coefficient (Wildman–Crippen LogP) is 2.37. The van der Waals surface area contributed by atoms with E-state index < -0.39 is 0 Å². The van der Waals surface area contributed by atoms with Crippen molar-refractivity contribution in [3.63, 3.8) is 0 Å². The number of aromatic amines is 1. The van der Waals surface area contributed by atoms with Crippen LogP contribution in [0.3, 0.4) is 0 Å². The first-order chi connectivity index (χ1) is 9.15.